The lowest BCUT2D eigenvalue weighted by Gasteiger charge is -2.05. The Balaban J connectivity index is 1.70. The van der Waals surface area contributed by atoms with E-state index < -0.39 is 0 Å². The summed E-state index contributed by atoms with van der Waals surface area (Å²) in [5, 5.41) is 2.69. The number of aromatic nitrogens is 1. The van der Waals surface area contributed by atoms with E-state index in [0.29, 0.717) is 18.3 Å². The molecular weight excluding hydrogens is 204 g/mol. The van der Waals surface area contributed by atoms with Crippen LogP contribution < -0.4 is 5.32 Å². The quantitative estimate of drug-likeness (QED) is 0.822. The highest BCUT2D eigenvalue weighted by Gasteiger charge is 2.21. The maximum Gasteiger partial charge on any atom is 0.251 e. The van der Waals surface area contributed by atoms with Gasteiger partial charge in [0.25, 0.3) is 5.91 Å². The van der Waals surface area contributed by atoms with Crippen LogP contribution in [0.5, 0.6) is 0 Å². The summed E-state index contributed by atoms with van der Waals surface area (Å²) in [6.07, 6.45) is 4.20. The van der Waals surface area contributed by atoms with Gasteiger partial charge in [0.1, 0.15) is 12.4 Å². The summed E-state index contributed by atoms with van der Waals surface area (Å²) in [5.41, 5.74) is 1.07. The number of nitrogens with zero attached hydrogens (tertiary/aromatic N) is 1. The molecule has 0 spiro atoms. The smallest absolute Gasteiger partial charge is 0.251 e. The number of anilines is 1. The van der Waals surface area contributed by atoms with Gasteiger partial charge < -0.3 is 10.1 Å². The summed E-state index contributed by atoms with van der Waals surface area (Å²) in [7, 11) is 0. The molecule has 4 nitrogen and oxygen atoms in total. The molecule has 16 heavy (non-hydrogen) atoms. The molecule has 0 bridgehead atoms. The molecule has 1 saturated carbocycles. The maximum absolute atomic E-state index is 11.4. The van der Waals surface area contributed by atoms with Gasteiger partial charge in [-0.25, -0.2) is 4.98 Å². The van der Waals surface area contributed by atoms with Crippen molar-refractivity contribution in [3.05, 3.63) is 23.9 Å². The number of hydrogen-bond acceptors (Lipinski definition) is 3. The van der Waals surface area contributed by atoms with E-state index in [2.05, 4.69) is 10.3 Å². The first-order valence-electron chi connectivity index (χ1n) is 5.54. The van der Waals surface area contributed by atoms with Gasteiger partial charge in [-0.15, -0.1) is 0 Å². The predicted octanol–water partition coefficient (Wildman–Crippen LogP) is 1.76. The van der Waals surface area contributed by atoms with Crippen molar-refractivity contribution in [3.63, 3.8) is 0 Å². The van der Waals surface area contributed by atoms with Gasteiger partial charge >= 0.3 is 0 Å². The summed E-state index contributed by atoms with van der Waals surface area (Å²) in [6.45, 7) is 2.78. The zero-order chi connectivity index (χ0) is 11.4. The highest BCUT2D eigenvalue weighted by atomic mass is 16.5. The second-order valence-electron chi connectivity index (χ2n) is 4.23. The van der Waals surface area contributed by atoms with Gasteiger partial charge in [0.05, 0.1) is 6.61 Å². The fraction of sp³-hybridized carbons (Fsp3) is 0.500. The Morgan fingerprint density at radius 2 is 2.38 bits per heavy atom. The van der Waals surface area contributed by atoms with Crippen molar-refractivity contribution in [1.82, 2.24) is 4.98 Å². The summed E-state index contributed by atoms with van der Waals surface area (Å²) in [5.74, 6) is 1.12. The molecule has 0 saturated heterocycles. The summed E-state index contributed by atoms with van der Waals surface area (Å²) < 4.78 is 5.28. The van der Waals surface area contributed by atoms with Gasteiger partial charge in [0.2, 0.25) is 0 Å². The number of pyridine rings is 1. The fourth-order valence-corrected chi connectivity index (χ4v) is 1.32. The molecule has 0 aliphatic heterocycles. The second kappa shape index (κ2) is 5.07. The molecule has 4 heteroatoms. The topological polar surface area (TPSA) is 51.2 Å². The molecule has 1 heterocycles. The first kappa shape index (κ1) is 11.1. The van der Waals surface area contributed by atoms with Crippen LogP contribution in [0.2, 0.25) is 0 Å². The van der Waals surface area contributed by atoms with E-state index in [4.69, 9.17) is 4.74 Å². The highest BCUT2D eigenvalue weighted by molar-refractivity contribution is 5.90. The monoisotopic (exact) mass is 220 g/mol. The number of carbonyl (C=O) groups is 1. The molecule has 0 unspecified atom stereocenters. The number of nitrogens with one attached hydrogen (secondary N) is 1. The van der Waals surface area contributed by atoms with Gasteiger partial charge in [0.15, 0.2) is 0 Å². The summed E-state index contributed by atoms with van der Waals surface area (Å²) in [6, 6.07) is 3.70. The number of ether oxygens (including phenoxy) is 1. The molecule has 1 amide bonds. The lowest BCUT2D eigenvalue weighted by Crippen LogP contribution is -2.19. The van der Waals surface area contributed by atoms with Crippen LogP contribution in [0.1, 0.15) is 18.4 Å². The zero-order valence-corrected chi connectivity index (χ0v) is 9.40. The van der Waals surface area contributed by atoms with Crippen LogP contribution in [0.25, 0.3) is 0 Å². The van der Waals surface area contributed by atoms with Gasteiger partial charge in [0, 0.05) is 6.20 Å². The Morgan fingerprint density at radius 1 is 1.56 bits per heavy atom. The molecule has 2 rings (SSSR count). The van der Waals surface area contributed by atoms with Gasteiger partial charge in [-0.2, -0.15) is 0 Å². The lowest BCUT2D eigenvalue weighted by atomic mass is 10.3. The molecule has 86 valence electrons. The van der Waals surface area contributed by atoms with Crippen LogP contribution in [-0.4, -0.2) is 24.1 Å². The molecule has 0 aromatic carbocycles. The minimum absolute atomic E-state index is 0.117. The third-order valence-corrected chi connectivity index (χ3v) is 2.46. The van der Waals surface area contributed by atoms with Crippen LogP contribution >= 0.6 is 0 Å². The fourth-order valence-electron chi connectivity index (χ4n) is 1.32. The van der Waals surface area contributed by atoms with Crippen molar-refractivity contribution in [2.24, 2.45) is 5.92 Å². The van der Waals surface area contributed by atoms with E-state index in [-0.39, 0.29) is 12.5 Å². The van der Waals surface area contributed by atoms with E-state index in [9.17, 15) is 4.79 Å². The molecule has 1 N–H and O–H groups in total. The minimum atomic E-state index is -0.142. The average molecular weight is 220 g/mol. The van der Waals surface area contributed by atoms with E-state index in [1.54, 1.807) is 12.3 Å². The number of aryl methyl sites for hydroxylation is 1. The van der Waals surface area contributed by atoms with Crippen molar-refractivity contribution in [1.29, 1.82) is 0 Å². The number of amides is 1. The molecular formula is C12H16N2O2. The van der Waals surface area contributed by atoms with Crippen LogP contribution in [0.4, 0.5) is 5.82 Å². The Kier molecular flexibility index (Phi) is 3.51. The van der Waals surface area contributed by atoms with Gasteiger partial charge in [-0.3, -0.25) is 4.79 Å². The minimum Gasteiger partial charge on any atom is -0.371 e. The van der Waals surface area contributed by atoms with E-state index in [1.807, 2.05) is 13.0 Å². The van der Waals surface area contributed by atoms with E-state index in [0.717, 1.165) is 5.56 Å². The summed E-state index contributed by atoms with van der Waals surface area (Å²) >= 11 is 0. The second-order valence-corrected chi connectivity index (χ2v) is 4.23. The van der Waals surface area contributed by atoms with Gasteiger partial charge in [-0.05, 0) is 37.3 Å². The first-order chi connectivity index (χ1) is 7.74. The lowest BCUT2D eigenvalue weighted by molar-refractivity contribution is -0.120. The third kappa shape index (κ3) is 3.62. The van der Waals surface area contributed by atoms with Crippen LogP contribution in [0.3, 0.4) is 0 Å². The van der Waals surface area contributed by atoms with Gasteiger partial charge in [-0.1, -0.05) is 6.07 Å². The molecule has 0 atom stereocenters. The van der Waals surface area contributed by atoms with Crippen molar-refractivity contribution >= 4 is 11.7 Å². The standard InChI is InChI=1S/C12H16N2O2/c1-9-2-5-11(13-6-9)14-12(15)8-16-7-10-3-4-10/h2,5-6,10H,3-4,7-8H2,1H3,(H,13,14,15). The first-order valence-corrected chi connectivity index (χ1v) is 5.54. The SMILES string of the molecule is Cc1ccc(NC(=O)COCC2CC2)nc1. The van der Waals surface area contributed by atoms with Crippen LogP contribution in [0, 0.1) is 12.8 Å². The molecule has 1 aromatic heterocycles. The molecule has 0 radical (unpaired) electrons. The maximum atomic E-state index is 11.4. The Morgan fingerprint density at radius 3 is 3.00 bits per heavy atom. The summed E-state index contributed by atoms with van der Waals surface area (Å²) in [4.78, 5) is 15.5. The van der Waals surface area contributed by atoms with Crippen molar-refractivity contribution in [3.8, 4) is 0 Å². The largest absolute Gasteiger partial charge is 0.371 e. The Hall–Kier alpha value is -1.42. The van der Waals surface area contributed by atoms with E-state index >= 15 is 0 Å². The number of carbonyl (C=O) groups excluding carboxylic acids is 1. The van der Waals surface area contributed by atoms with Crippen LogP contribution in [-0.2, 0) is 9.53 Å². The molecule has 1 aliphatic rings. The number of hydrogen-bond donors (Lipinski definition) is 1. The van der Waals surface area contributed by atoms with Crippen molar-refractivity contribution in [2.45, 2.75) is 19.8 Å². The predicted molar refractivity (Wildman–Crippen MR) is 61.1 cm³/mol. The highest BCUT2D eigenvalue weighted by Crippen LogP contribution is 2.28. The molecule has 1 aromatic rings. The van der Waals surface area contributed by atoms with E-state index in [1.165, 1.54) is 12.8 Å². The Bertz CT molecular complexity index is 358. The van der Waals surface area contributed by atoms with Crippen molar-refractivity contribution in [2.75, 3.05) is 18.5 Å². The van der Waals surface area contributed by atoms with Crippen LogP contribution in [0.15, 0.2) is 18.3 Å². The van der Waals surface area contributed by atoms with Crippen molar-refractivity contribution < 1.29 is 9.53 Å². The molecule has 1 fully saturated rings. The molecule has 1 aliphatic carbocycles. The normalized spacial score (nSPS) is 14.8. The average Bonchev–Trinajstić information content (AvgIpc) is 3.05. The number of rotatable bonds is 5. The third-order valence-electron chi connectivity index (χ3n) is 2.46. The zero-order valence-electron chi connectivity index (χ0n) is 9.40. The Labute approximate surface area is 95.0 Å².